The largest absolute Gasteiger partial charge is 0.452 e. The van der Waals surface area contributed by atoms with Crippen molar-refractivity contribution in [1.82, 2.24) is 0 Å². The first kappa shape index (κ1) is 21.3. The van der Waals surface area contributed by atoms with Gasteiger partial charge in [0, 0.05) is 26.4 Å². The fourth-order valence-corrected chi connectivity index (χ4v) is 4.52. The maximum absolute atomic E-state index is 13.1. The van der Waals surface area contributed by atoms with E-state index in [-0.39, 0.29) is 16.4 Å². The molecule has 0 aliphatic heterocycles. The summed E-state index contributed by atoms with van der Waals surface area (Å²) in [5.41, 5.74) is 0.254. The van der Waals surface area contributed by atoms with Crippen molar-refractivity contribution in [3.05, 3.63) is 100 Å². The number of furan rings is 1. The summed E-state index contributed by atoms with van der Waals surface area (Å²) in [7, 11) is -1.83. The molecule has 0 saturated carbocycles. The van der Waals surface area contributed by atoms with Crippen LogP contribution in [0.15, 0.2) is 82.1 Å². The van der Waals surface area contributed by atoms with Gasteiger partial charge in [0.2, 0.25) is 5.78 Å². The number of benzene rings is 3. The number of carbonyl (C=O) groups is 1. The number of fused-ring (bicyclic) bond motifs is 1. The number of ketones is 1. The summed E-state index contributed by atoms with van der Waals surface area (Å²) in [6, 6.07) is 17.5. The molecule has 0 fully saturated rings. The van der Waals surface area contributed by atoms with Gasteiger partial charge in [-0.15, -0.1) is 0 Å². The number of para-hydroxylation sites is 1. The zero-order valence-corrected chi connectivity index (χ0v) is 17.4. The molecule has 0 bridgehead atoms. The average molecular weight is 463 g/mol. The van der Waals surface area contributed by atoms with Crippen LogP contribution >= 0.6 is 11.6 Å². The fourth-order valence-electron chi connectivity index (χ4n) is 3.19. The maximum Gasteiger partial charge on any atom is 0.416 e. The highest BCUT2D eigenvalue weighted by Gasteiger charge is 2.31. The predicted molar refractivity (Wildman–Crippen MR) is 113 cm³/mol. The second-order valence-corrected chi connectivity index (χ2v) is 8.64. The first-order valence-corrected chi connectivity index (χ1v) is 10.8. The summed E-state index contributed by atoms with van der Waals surface area (Å²) in [4.78, 5) is 13.1. The smallest absolute Gasteiger partial charge is 0.416 e. The van der Waals surface area contributed by atoms with E-state index >= 15 is 0 Å². The van der Waals surface area contributed by atoms with Gasteiger partial charge in [-0.2, -0.15) is 13.2 Å². The normalized spacial score (nSPS) is 12.8. The molecule has 3 aromatic carbocycles. The van der Waals surface area contributed by atoms with E-state index in [0.29, 0.717) is 27.1 Å². The third kappa shape index (κ3) is 4.43. The minimum atomic E-state index is -4.54. The quantitative estimate of drug-likeness (QED) is 0.312. The lowest BCUT2D eigenvalue weighted by molar-refractivity contribution is -0.137. The Balaban J connectivity index is 1.75. The molecule has 31 heavy (non-hydrogen) atoms. The highest BCUT2D eigenvalue weighted by atomic mass is 35.5. The molecule has 8 heteroatoms. The van der Waals surface area contributed by atoms with Gasteiger partial charge in [-0.25, -0.2) is 0 Å². The molecule has 0 spiro atoms. The third-order valence-electron chi connectivity index (χ3n) is 4.71. The molecule has 1 heterocycles. The molecule has 0 aliphatic rings. The molecule has 0 radical (unpaired) electrons. The highest BCUT2D eigenvalue weighted by molar-refractivity contribution is 7.84. The molecule has 0 unspecified atom stereocenters. The predicted octanol–water partition coefficient (Wildman–Crippen LogP) is 6.64. The van der Waals surface area contributed by atoms with Crippen molar-refractivity contribution in [3.8, 4) is 0 Å². The molecule has 0 aliphatic carbocycles. The molecule has 0 amide bonds. The van der Waals surface area contributed by atoms with Gasteiger partial charge < -0.3 is 4.42 Å². The van der Waals surface area contributed by atoms with E-state index in [2.05, 4.69) is 0 Å². The number of rotatable bonds is 5. The first-order chi connectivity index (χ1) is 14.7. The molecule has 4 aromatic rings. The summed E-state index contributed by atoms with van der Waals surface area (Å²) >= 11 is 5.88. The van der Waals surface area contributed by atoms with Crippen molar-refractivity contribution in [1.29, 1.82) is 0 Å². The second kappa shape index (κ2) is 8.32. The summed E-state index contributed by atoms with van der Waals surface area (Å²) in [6.07, 6.45) is -4.54. The van der Waals surface area contributed by atoms with Gasteiger partial charge in [-0.05, 0) is 48.5 Å². The van der Waals surface area contributed by atoms with E-state index in [0.717, 1.165) is 12.1 Å². The van der Waals surface area contributed by atoms with Crippen molar-refractivity contribution >= 4 is 39.2 Å². The van der Waals surface area contributed by atoms with E-state index in [1.54, 1.807) is 48.5 Å². The molecule has 0 N–H and O–H groups in total. The second-order valence-electron chi connectivity index (χ2n) is 6.76. The standard InChI is InChI=1S/C23H14ClF3O3S/c24-16-10-8-14(9-11-16)21(28)22-19(18-6-1-2-7-20(18)30-22)13-31(29)17-5-3-4-15(12-17)23(25,26)27/h1-12H,13H2/t31-/m1/s1. The van der Waals surface area contributed by atoms with Gasteiger partial charge >= 0.3 is 6.18 Å². The summed E-state index contributed by atoms with van der Waals surface area (Å²) in [6.45, 7) is 0. The van der Waals surface area contributed by atoms with Crippen molar-refractivity contribution < 1.29 is 26.6 Å². The summed E-state index contributed by atoms with van der Waals surface area (Å²) in [5.74, 6) is -0.597. The van der Waals surface area contributed by atoms with Crippen LogP contribution in [0.2, 0.25) is 5.02 Å². The monoisotopic (exact) mass is 462 g/mol. The number of alkyl halides is 3. The zero-order chi connectivity index (χ0) is 22.2. The van der Waals surface area contributed by atoms with Gasteiger partial charge in [0.15, 0.2) is 5.76 Å². The van der Waals surface area contributed by atoms with Crippen LogP contribution in [0.25, 0.3) is 11.0 Å². The minimum absolute atomic E-state index is 0.00356. The van der Waals surface area contributed by atoms with Crippen LogP contribution in [0.4, 0.5) is 13.2 Å². The molecular formula is C23H14ClF3O3S. The van der Waals surface area contributed by atoms with Crippen molar-refractivity contribution in [2.75, 3.05) is 0 Å². The lowest BCUT2D eigenvalue weighted by atomic mass is 10.0. The van der Waals surface area contributed by atoms with Crippen molar-refractivity contribution in [2.24, 2.45) is 0 Å². The molecule has 4 rings (SSSR count). The van der Waals surface area contributed by atoms with Crippen molar-refractivity contribution in [2.45, 2.75) is 16.8 Å². The minimum Gasteiger partial charge on any atom is -0.452 e. The Morgan fingerprint density at radius 2 is 1.68 bits per heavy atom. The van der Waals surface area contributed by atoms with Gasteiger partial charge in [-0.3, -0.25) is 9.00 Å². The Bertz CT molecular complexity index is 1290. The van der Waals surface area contributed by atoms with Crippen molar-refractivity contribution in [3.63, 3.8) is 0 Å². The topological polar surface area (TPSA) is 47.3 Å². The van der Waals surface area contributed by atoms with Crippen LogP contribution in [0.3, 0.4) is 0 Å². The van der Waals surface area contributed by atoms with Gasteiger partial charge in [0.1, 0.15) is 5.58 Å². The van der Waals surface area contributed by atoms with E-state index in [4.69, 9.17) is 16.0 Å². The van der Waals surface area contributed by atoms with E-state index in [9.17, 15) is 22.2 Å². The number of hydrogen-bond acceptors (Lipinski definition) is 3. The Kier molecular flexibility index (Phi) is 5.73. The lowest BCUT2D eigenvalue weighted by Crippen LogP contribution is -2.08. The average Bonchev–Trinajstić information content (AvgIpc) is 3.11. The Morgan fingerprint density at radius 3 is 2.39 bits per heavy atom. The van der Waals surface area contributed by atoms with Crippen LogP contribution in [0, 0.1) is 0 Å². The summed E-state index contributed by atoms with van der Waals surface area (Å²) in [5, 5.41) is 1.05. The van der Waals surface area contributed by atoms with Crippen LogP contribution in [-0.4, -0.2) is 9.99 Å². The number of hydrogen-bond donors (Lipinski definition) is 0. The maximum atomic E-state index is 13.1. The Labute approximate surface area is 182 Å². The summed E-state index contributed by atoms with van der Waals surface area (Å²) < 4.78 is 57.8. The van der Waals surface area contributed by atoms with Crippen LogP contribution in [0.1, 0.15) is 27.2 Å². The number of halogens is 4. The van der Waals surface area contributed by atoms with E-state index in [1.165, 1.54) is 12.1 Å². The molecule has 0 saturated heterocycles. The van der Waals surface area contributed by atoms with Gasteiger partial charge in [0.05, 0.1) is 22.1 Å². The first-order valence-electron chi connectivity index (χ1n) is 9.10. The Hall–Kier alpha value is -2.90. The highest BCUT2D eigenvalue weighted by Crippen LogP contribution is 2.33. The van der Waals surface area contributed by atoms with Crippen LogP contribution in [-0.2, 0) is 22.7 Å². The molecule has 1 aromatic heterocycles. The van der Waals surface area contributed by atoms with Crippen LogP contribution < -0.4 is 0 Å². The SMILES string of the molecule is O=C(c1ccc(Cl)cc1)c1oc2ccccc2c1C[S@@](=O)c1cccc(C(F)(F)F)c1. The zero-order valence-electron chi connectivity index (χ0n) is 15.8. The molecule has 1 atom stereocenters. The van der Waals surface area contributed by atoms with E-state index < -0.39 is 28.3 Å². The number of carbonyl (C=O) groups excluding carboxylic acids is 1. The lowest BCUT2D eigenvalue weighted by Gasteiger charge is -2.09. The van der Waals surface area contributed by atoms with Gasteiger partial charge in [-0.1, -0.05) is 35.9 Å². The van der Waals surface area contributed by atoms with E-state index in [1.807, 2.05) is 0 Å². The van der Waals surface area contributed by atoms with Crippen LogP contribution in [0.5, 0.6) is 0 Å². The Morgan fingerprint density at radius 1 is 0.968 bits per heavy atom. The molecule has 3 nitrogen and oxygen atoms in total. The molecular weight excluding hydrogens is 449 g/mol. The third-order valence-corrected chi connectivity index (χ3v) is 6.29. The fraction of sp³-hybridized carbons (Fsp3) is 0.0870. The molecule has 158 valence electrons. The van der Waals surface area contributed by atoms with Gasteiger partial charge in [0.25, 0.3) is 0 Å².